The van der Waals surface area contributed by atoms with Crippen molar-refractivity contribution in [1.82, 2.24) is 9.88 Å². The number of pyridine rings is 1. The minimum Gasteiger partial charge on any atom is -0.446 e. The fraction of sp³-hybridized carbons (Fsp3) is 0.310. The second-order valence-corrected chi connectivity index (χ2v) is 8.92. The van der Waals surface area contributed by atoms with Crippen molar-refractivity contribution in [3.05, 3.63) is 102 Å². The van der Waals surface area contributed by atoms with Gasteiger partial charge in [-0.2, -0.15) is 0 Å². The minimum absolute atomic E-state index is 0.0895. The first-order valence-electron chi connectivity index (χ1n) is 11.5. The van der Waals surface area contributed by atoms with Crippen molar-refractivity contribution in [2.45, 2.75) is 51.4 Å². The molecule has 176 valence electrons. The first-order chi connectivity index (χ1) is 16.3. The molecule has 2 aromatic carbocycles. The van der Waals surface area contributed by atoms with Gasteiger partial charge in [-0.15, -0.1) is 0 Å². The van der Waals surface area contributed by atoms with Gasteiger partial charge in [0.15, 0.2) is 0 Å². The molecular formula is C29H32N2O3. The van der Waals surface area contributed by atoms with Crippen LogP contribution >= 0.6 is 0 Å². The number of nitrogens with zero attached hydrogens (tertiary/aromatic N) is 2. The van der Waals surface area contributed by atoms with Crippen LogP contribution in [0.4, 0.5) is 4.79 Å². The number of benzene rings is 2. The van der Waals surface area contributed by atoms with Gasteiger partial charge in [0.2, 0.25) is 0 Å². The van der Waals surface area contributed by atoms with Crippen LogP contribution < -0.4 is 0 Å². The molecule has 1 aromatic heterocycles. The van der Waals surface area contributed by atoms with Crippen LogP contribution in [0.15, 0.2) is 85.1 Å². The molecule has 5 heteroatoms. The summed E-state index contributed by atoms with van der Waals surface area (Å²) in [6.45, 7) is 6.07. The molecule has 2 heterocycles. The Bertz CT molecular complexity index is 1050. The quantitative estimate of drug-likeness (QED) is 0.519. The van der Waals surface area contributed by atoms with Crippen LogP contribution in [0.2, 0.25) is 0 Å². The summed E-state index contributed by atoms with van der Waals surface area (Å²) in [5, 5.41) is 9.93. The van der Waals surface area contributed by atoms with Crippen LogP contribution in [0.3, 0.4) is 0 Å². The third-order valence-corrected chi connectivity index (χ3v) is 5.45. The highest BCUT2D eigenvalue weighted by Crippen LogP contribution is 2.28. The fourth-order valence-electron chi connectivity index (χ4n) is 3.68. The zero-order valence-electron chi connectivity index (χ0n) is 20.0. The van der Waals surface area contributed by atoms with Gasteiger partial charge >= 0.3 is 6.09 Å². The maximum atomic E-state index is 12.4. The summed E-state index contributed by atoms with van der Waals surface area (Å²) in [4.78, 5) is 18.3. The second-order valence-electron chi connectivity index (χ2n) is 8.92. The summed E-state index contributed by atoms with van der Waals surface area (Å²) in [5.74, 6) is 6.14. The lowest BCUT2D eigenvalue weighted by atomic mass is 9.97. The molecule has 1 N–H and O–H groups in total. The van der Waals surface area contributed by atoms with Crippen molar-refractivity contribution in [3.63, 3.8) is 0 Å². The lowest BCUT2D eigenvalue weighted by Crippen LogP contribution is -2.45. The highest BCUT2D eigenvalue weighted by atomic mass is 16.6. The monoisotopic (exact) mass is 456 g/mol. The van der Waals surface area contributed by atoms with Crippen molar-refractivity contribution in [1.29, 1.82) is 0 Å². The predicted octanol–water partition coefficient (Wildman–Crippen LogP) is 5.60. The van der Waals surface area contributed by atoms with Crippen LogP contribution in [0.25, 0.3) is 0 Å². The van der Waals surface area contributed by atoms with E-state index in [0.717, 1.165) is 16.8 Å². The van der Waals surface area contributed by atoms with Crippen LogP contribution in [0, 0.1) is 11.8 Å². The van der Waals surface area contributed by atoms with Crippen molar-refractivity contribution in [3.8, 4) is 11.8 Å². The molecule has 3 aromatic rings. The second kappa shape index (κ2) is 12.0. The Morgan fingerprint density at radius 1 is 1.03 bits per heavy atom. The molecule has 1 amide bonds. The zero-order chi connectivity index (χ0) is 24.4. The summed E-state index contributed by atoms with van der Waals surface area (Å²) >= 11 is 0. The van der Waals surface area contributed by atoms with Crippen LogP contribution in [-0.4, -0.2) is 39.3 Å². The van der Waals surface area contributed by atoms with E-state index in [1.165, 1.54) is 0 Å². The van der Waals surface area contributed by atoms with E-state index in [2.05, 4.69) is 16.8 Å². The summed E-state index contributed by atoms with van der Waals surface area (Å²) in [6.07, 6.45) is 2.32. The van der Waals surface area contributed by atoms with Crippen molar-refractivity contribution in [2.75, 3.05) is 6.54 Å². The van der Waals surface area contributed by atoms with Gasteiger partial charge in [-0.3, -0.25) is 0 Å². The molecule has 34 heavy (non-hydrogen) atoms. The number of aliphatic hydroxyl groups is 1. The summed E-state index contributed by atoms with van der Waals surface area (Å²) in [5.41, 5.74) is 1.82. The molecule has 1 aliphatic rings. The molecule has 4 rings (SSSR count). The van der Waals surface area contributed by atoms with E-state index in [4.69, 9.17) is 4.74 Å². The topological polar surface area (TPSA) is 62.7 Å². The average molecular weight is 457 g/mol. The van der Waals surface area contributed by atoms with Gasteiger partial charge in [-0.25, -0.2) is 9.78 Å². The maximum Gasteiger partial charge on any atom is 0.410 e. The molecule has 0 aliphatic carbocycles. The Hall–Kier alpha value is -3.62. The number of ether oxygens (including phenoxy) is 1. The van der Waals surface area contributed by atoms with E-state index >= 15 is 0 Å². The molecule has 2 unspecified atom stereocenters. The van der Waals surface area contributed by atoms with Gasteiger partial charge < -0.3 is 14.7 Å². The van der Waals surface area contributed by atoms with Gasteiger partial charge in [-0.1, -0.05) is 60.5 Å². The Balaban J connectivity index is 0.000000469. The first kappa shape index (κ1) is 25.0. The highest BCUT2D eigenvalue weighted by molar-refractivity contribution is 5.69. The van der Waals surface area contributed by atoms with E-state index in [9.17, 15) is 9.90 Å². The SMILES string of the molecule is CC(c1ccc(C#Cc2ccccn2)cc1)N1CCC(CC(C)(C)O)OC1=O.c1ccccc1. The number of amides is 1. The predicted molar refractivity (Wildman–Crippen MR) is 134 cm³/mol. The molecule has 0 bridgehead atoms. The average Bonchev–Trinajstić information content (AvgIpc) is 2.84. The summed E-state index contributed by atoms with van der Waals surface area (Å²) in [6, 6.07) is 25.4. The van der Waals surface area contributed by atoms with Crippen LogP contribution in [0.1, 0.15) is 56.5 Å². The van der Waals surface area contributed by atoms with Crippen LogP contribution in [-0.2, 0) is 4.74 Å². The molecule has 0 radical (unpaired) electrons. The lowest BCUT2D eigenvalue weighted by molar-refractivity contribution is -0.0309. The molecule has 1 aliphatic heterocycles. The van der Waals surface area contributed by atoms with Gasteiger partial charge in [0, 0.05) is 31.1 Å². The Morgan fingerprint density at radius 2 is 1.68 bits per heavy atom. The molecule has 0 spiro atoms. The van der Waals surface area contributed by atoms with E-state index < -0.39 is 5.60 Å². The van der Waals surface area contributed by atoms with Crippen molar-refractivity contribution in [2.24, 2.45) is 0 Å². The van der Waals surface area contributed by atoms with Gasteiger partial charge in [0.1, 0.15) is 11.8 Å². The normalized spacial score (nSPS) is 16.3. The standard InChI is InChI=1S/C23H26N2O3.C6H6/c1-17(25-15-13-21(28-22(25)26)16-23(2,3)27)19-10-7-18(8-11-19)9-12-20-6-4-5-14-24-20;1-2-4-6-5-3-1/h4-8,10-11,14,17,21,27H,13,15-16H2,1-3H3;1-6H. The number of hydrogen-bond donors (Lipinski definition) is 1. The Morgan fingerprint density at radius 3 is 2.21 bits per heavy atom. The van der Waals surface area contributed by atoms with E-state index in [1.807, 2.05) is 85.8 Å². The zero-order valence-corrected chi connectivity index (χ0v) is 20.0. The highest BCUT2D eigenvalue weighted by Gasteiger charge is 2.33. The smallest absolute Gasteiger partial charge is 0.410 e. The number of aromatic nitrogens is 1. The molecule has 1 saturated heterocycles. The summed E-state index contributed by atoms with van der Waals surface area (Å²) in [7, 11) is 0. The number of cyclic esters (lactones) is 1. The van der Waals surface area contributed by atoms with Gasteiger partial charge in [0.25, 0.3) is 0 Å². The summed E-state index contributed by atoms with van der Waals surface area (Å²) < 4.78 is 5.53. The van der Waals surface area contributed by atoms with E-state index in [1.54, 1.807) is 24.9 Å². The molecule has 5 nitrogen and oxygen atoms in total. The molecule has 0 saturated carbocycles. The largest absolute Gasteiger partial charge is 0.446 e. The molecule has 1 fully saturated rings. The third kappa shape index (κ3) is 8.06. The minimum atomic E-state index is -0.842. The molecular weight excluding hydrogens is 424 g/mol. The van der Waals surface area contributed by atoms with Crippen molar-refractivity contribution < 1.29 is 14.6 Å². The fourth-order valence-corrected chi connectivity index (χ4v) is 3.68. The van der Waals surface area contributed by atoms with Crippen LogP contribution in [0.5, 0.6) is 0 Å². The first-order valence-corrected chi connectivity index (χ1v) is 11.5. The van der Waals surface area contributed by atoms with E-state index in [0.29, 0.717) is 19.4 Å². The maximum absolute atomic E-state index is 12.4. The number of carbonyl (C=O) groups excluding carboxylic acids is 1. The Kier molecular flexibility index (Phi) is 8.84. The molecule has 2 atom stereocenters. The third-order valence-electron chi connectivity index (χ3n) is 5.45. The lowest BCUT2D eigenvalue weighted by Gasteiger charge is -2.37. The van der Waals surface area contributed by atoms with Gasteiger partial charge in [0.05, 0.1) is 11.6 Å². The van der Waals surface area contributed by atoms with E-state index in [-0.39, 0.29) is 18.2 Å². The Labute approximate surface area is 202 Å². The van der Waals surface area contributed by atoms with Crippen molar-refractivity contribution >= 4 is 6.09 Å². The van der Waals surface area contributed by atoms with Gasteiger partial charge in [-0.05, 0) is 56.5 Å². The number of hydrogen-bond acceptors (Lipinski definition) is 4. The number of rotatable bonds is 4. The number of carbonyl (C=O) groups is 1.